The van der Waals surface area contributed by atoms with E-state index in [0.29, 0.717) is 13.1 Å². The topological polar surface area (TPSA) is 49.4 Å². The first-order valence-corrected chi connectivity index (χ1v) is 10.7. The molecular weight excluding hydrogens is 344 g/mol. The van der Waals surface area contributed by atoms with Crippen LogP contribution in [0.3, 0.4) is 0 Å². The lowest BCUT2D eigenvalue weighted by Gasteiger charge is -2.30. The summed E-state index contributed by atoms with van der Waals surface area (Å²) in [4.78, 5) is 0. The lowest BCUT2D eigenvalue weighted by molar-refractivity contribution is 0.394. The SMILES string of the molecule is CC(C)c1cccc(C(C)C)c1NS(=O)(=O)N1CCc2ccccc2C1. The van der Waals surface area contributed by atoms with Crippen LogP contribution in [0.2, 0.25) is 0 Å². The van der Waals surface area contributed by atoms with E-state index in [9.17, 15) is 8.42 Å². The van der Waals surface area contributed by atoms with Gasteiger partial charge in [0.15, 0.2) is 0 Å². The molecule has 26 heavy (non-hydrogen) atoms. The molecule has 0 saturated carbocycles. The van der Waals surface area contributed by atoms with E-state index in [2.05, 4.69) is 38.5 Å². The summed E-state index contributed by atoms with van der Waals surface area (Å²) in [6.07, 6.45) is 0.750. The fourth-order valence-corrected chi connectivity index (χ4v) is 4.80. The van der Waals surface area contributed by atoms with Crippen molar-refractivity contribution in [1.82, 2.24) is 4.31 Å². The molecule has 0 atom stereocenters. The summed E-state index contributed by atoms with van der Waals surface area (Å²) in [5.74, 6) is 0.488. The lowest BCUT2D eigenvalue weighted by Crippen LogP contribution is -2.40. The second-order valence-electron chi connectivity index (χ2n) is 7.58. The molecule has 1 aliphatic heterocycles. The minimum absolute atomic E-state index is 0.244. The van der Waals surface area contributed by atoms with E-state index in [1.165, 1.54) is 5.56 Å². The molecule has 1 aliphatic rings. The van der Waals surface area contributed by atoms with Crippen LogP contribution in [0.15, 0.2) is 42.5 Å². The molecule has 0 saturated heterocycles. The van der Waals surface area contributed by atoms with E-state index in [0.717, 1.165) is 28.8 Å². The van der Waals surface area contributed by atoms with Crippen LogP contribution in [0.25, 0.3) is 0 Å². The standard InChI is InChI=1S/C21H28N2O2S/c1-15(2)19-10-7-11-20(16(3)4)21(19)22-26(24,25)23-13-12-17-8-5-6-9-18(17)14-23/h5-11,15-16,22H,12-14H2,1-4H3. The van der Waals surface area contributed by atoms with Gasteiger partial charge in [-0.1, -0.05) is 70.2 Å². The largest absolute Gasteiger partial charge is 0.301 e. The second-order valence-corrected chi connectivity index (χ2v) is 9.25. The van der Waals surface area contributed by atoms with Crippen molar-refractivity contribution in [2.24, 2.45) is 0 Å². The molecule has 140 valence electrons. The average molecular weight is 373 g/mol. The van der Waals surface area contributed by atoms with E-state index in [4.69, 9.17) is 0 Å². The number of nitrogens with zero attached hydrogens (tertiary/aromatic N) is 1. The normalized spacial score (nSPS) is 15.3. The van der Waals surface area contributed by atoms with E-state index >= 15 is 0 Å². The molecule has 1 N–H and O–H groups in total. The molecule has 5 heteroatoms. The first kappa shape index (κ1) is 18.9. The smallest absolute Gasteiger partial charge is 0.270 e. The Hall–Kier alpha value is -1.85. The maximum Gasteiger partial charge on any atom is 0.301 e. The van der Waals surface area contributed by atoms with Gasteiger partial charge in [-0.05, 0) is 40.5 Å². The molecule has 0 aromatic heterocycles. The lowest BCUT2D eigenvalue weighted by atomic mass is 9.93. The molecule has 2 aromatic carbocycles. The Morgan fingerprint density at radius 1 is 0.885 bits per heavy atom. The van der Waals surface area contributed by atoms with Crippen LogP contribution in [0.1, 0.15) is 61.8 Å². The van der Waals surface area contributed by atoms with Crippen LogP contribution in [0.4, 0.5) is 5.69 Å². The molecule has 0 bridgehead atoms. The van der Waals surface area contributed by atoms with Gasteiger partial charge in [-0.25, -0.2) is 0 Å². The monoisotopic (exact) mass is 372 g/mol. The van der Waals surface area contributed by atoms with Crippen LogP contribution in [0.5, 0.6) is 0 Å². The van der Waals surface area contributed by atoms with Gasteiger partial charge >= 0.3 is 10.2 Å². The van der Waals surface area contributed by atoms with Crippen LogP contribution in [-0.4, -0.2) is 19.3 Å². The predicted octanol–water partition coefficient (Wildman–Crippen LogP) is 4.65. The Morgan fingerprint density at radius 2 is 1.46 bits per heavy atom. The van der Waals surface area contributed by atoms with Crippen molar-refractivity contribution in [3.8, 4) is 0 Å². The summed E-state index contributed by atoms with van der Waals surface area (Å²) in [5, 5.41) is 0. The Labute approximate surface area is 157 Å². The Bertz CT molecular complexity index is 862. The number of anilines is 1. The Morgan fingerprint density at radius 3 is 2.04 bits per heavy atom. The third-order valence-electron chi connectivity index (χ3n) is 5.04. The second kappa shape index (κ2) is 7.41. The summed E-state index contributed by atoms with van der Waals surface area (Å²) in [7, 11) is -3.61. The van der Waals surface area contributed by atoms with Crippen molar-refractivity contribution in [3.63, 3.8) is 0 Å². The van der Waals surface area contributed by atoms with E-state index < -0.39 is 10.2 Å². The molecule has 0 radical (unpaired) electrons. The van der Waals surface area contributed by atoms with Gasteiger partial charge in [0.1, 0.15) is 0 Å². The minimum atomic E-state index is -3.61. The zero-order chi connectivity index (χ0) is 18.9. The molecule has 0 fully saturated rings. The van der Waals surface area contributed by atoms with Crippen LogP contribution >= 0.6 is 0 Å². The van der Waals surface area contributed by atoms with Crippen LogP contribution in [-0.2, 0) is 23.2 Å². The van der Waals surface area contributed by atoms with Gasteiger partial charge in [0.05, 0.1) is 5.69 Å². The quantitative estimate of drug-likeness (QED) is 0.830. The van der Waals surface area contributed by atoms with E-state index in [-0.39, 0.29) is 11.8 Å². The third kappa shape index (κ3) is 3.79. The van der Waals surface area contributed by atoms with Crippen molar-refractivity contribution in [2.45, 2.75) is 52.5 Å². The zero-order valence-corrected chi connectivity index (χ0v) is 16.8. The molecule has 1 heterocycles. The molecule has 4 nitrogen and oxygen atoms in total. The maximum atomic E-state index is 13.1. The summed E-state index contributed by atoms with van der Waals surface area (Å²) >= 11 is 0. The first-order valence-electron chi connectivity index (χ1n) is 9.27. The van der Waals surface area contributed by atoms with Gasteiger partial charge < -0.3 is 0 Å². The van der Waals surface area contributed by atoms with Crippen molar-refractivity contribution in [3.05, 3.63) is 64.7 Å². The van der Waals surface area contributed by atoms with Gasteiger partial charge in [0.25, 0.3) is 0 Å². The Kier molecular flexibility index (Phi) is 5.39. The number of nitrogens with one attached hydrogen (secondary N) is 1. The number of rotatable bonds is 5. The highest BCUT2D eigenvalue weighted by molar-refractivity contribution is 7.90. The number of benzene rings is 2. The highest BCUT2D eigenvalue weighted by atomic mass is 32.2. The zero-order valence-electron chi connectivity index (χ0n) is 16.0. The summed E-state index contributed by atoms with van der Waals surface area (Å²) in [6, 6.07) is 14.1. The highest BCUT2D eigenvalue weighted by Gasteiger charge is 2.28. The van der Waals surface area contributed by atoms with Crippen molar-refractivity contribution in [2.75, 3.05) is 11.3 Å². The van der Waals surface area contributed by atoms with Crippen LogP contribution < -0.4 is 4.72 Å². The Balaban J connectivity index is 1.93. The molecule has 0 spiro atoms. The van der Waals surface area contributed by atoms with Crippen molar-refractivity contribution < 1.29 is 8.42 Å². The van der Waals surface area contributed by atoms with Gasteiger partial charge in [0.2, 0.25) is 0 Å². The number of hydrogen-bond acceptors (Lipinski definition) is 2. The molecular formula is C21H28N2O2S. The van der Waals surface area contributed by atoms with Crippen molar-refractivity contribution in [1.29, 1.82) is 0 Å². The molecule has 3 rings (SSSR count). The first-order chi connectivity index (χ1) is 12.3. The van der Waals surface area contributed by atoms with Crippen LogP contribution in [0, 0.1) is 0 Å². The molecule has 0 aliphatic carbocycles. The van der Waals surface area contributed by atoms with Gasteiger partial charge in [0, 0.05) is 13.1 Å². The number of fused-ring (bicyclic) bond motifs is 1. The summed E-state index contributed by atoms with van der Waals surface area (Å²) in [6.45, 7) is 9.30. The molecule has 0 unspecified atom stereocenters. The van der Waals surface area contributed by atoms with E-state index in [1.54, 1.807) is 4.31 Å². The summed E-state index contributed by atoms with van der Waals surface area (Å²) < 4.78 is 30.7. The van der Waals surface area contributed by atoms with Gasteiger partial charge in [-0.3, -0.25) is 4.72 Å². The average Bonchev–Trinajstić information content (AvgIpc) is 2.60. The molecule has 0 amide bonds. The highest BCUT2D eigenvalue weighted by Crippen LogP contribution is 2.34. The predicted molar refractivity (Wildman–Crippen MR) is 108 cm³/mol. The minimum Gasteiger partial charge on any atom is -0.270 e. The van der Waals surface area contributed by atoms with Gasteiger partial charge in [-0.15, -0.1) is 0 Å². The van der Waals surface area contributed by atoms with Crippen molar-refractivity contribution >= 4 is 15.9 Å². The molecule has 2 aromatic rings. The van der Waals surface area contributed by atoms with E-state index in [1.807, 2.05) is 36.4 Å². The fourth-order valence-electron chi connectivity index (χ4n) is 3.54. The maximum absolute atomic E-state index is 13.1. The third-order valence-corrected chi connectivity index (χ3v) is 6.49. The number of hydrogen-bond donors (Lipinski definition) is 1. The number of para-hydroxylation sites is 1. The van der Waals surface area contributed by atoms with Gasteiger partial charge in [-0.2, -0.15) is 12.7 Å². The fraction of sp³-hybridized carbons (Fsp3) is 0.429. The summed E-state index contributed by atoms with van der Waals surface area (Å²) in [5.41, 5.74) is 5.15.